The van der Waals surface area contributed by atoms with Gasteiger partial charge in [-0.2, -0.15) is 0 Å². The quantitative estimate of drug-likeness (QED) is 0.858. The fraction of sp³-hybridized carbons (Fsp3) is 0.263. The minimum Gasteiger partial charge on any atom is -0.340 e. The molecule has 23 heavy (non-hydrogen) atoms. The van der Waals surface area contributed by atoms with Gasteiger partial charge in [0.25, 0.3) is 5.91 Å². The van der Waals surface area contributed by atoms with E-state index in [1.165, 1.54) is 0 Å². The third kappa shape index (κ3) is 4.68. The third-order valence-corrected chi connectivity index (χ3v) is 3.86. The number of hydrogen-bond acceptors (Lipinski definition) is 2. The monoisotopic (exact) mass is 310 g/mol. The summed E-state index contributed by atoms with van der Waals surface area (Å²) < 4.78 is 0. The van der Waals surface area contributed by atoms with Crippen molar-refractivity contribution in [2.24, 2.45) is 5.92 Å². The van der Waals surface area contributed by atoms with Gasteiger partial charge in [-0.3, -0.25) is 9.59 Å². The second-order valence-electron chi connectivity index (χ2n) is 5.56. The molecule has 0 fully saturated rings. The van der Waals surface area contributed by atoms with Gasteiger partial charge in [-0.1, -0.05) is 56.7 Å². The molecule has 0 bridgehead atoms. The van der Waals surface area contributed by atoms with Crippen molar-refractivity contribution in [2.45, 2.75) is 26.3 Å². The maximum absolute atomic E-state index is 12.6. The molecule has 0 saturated heterocycles. The summed E-state index contributed by atoms with van der Waals surface area (Å²) >= 11 is 0. The highest BCUT2D eigenvalue weighted by molar-refractivity contribution is 6.01. The number of nitrogens with one attached hydrogen (secondary N) is 2. The van der Waals surface area contributed by atoms with Crippen LogP contribution in [0.1, 0.15) is 30.6 Å². The van der Waals surface area contributed by atoms with Crippen molar-refractivity contribution in [1.82, 2.24) is 5.32 Å². The Morgan fingerprint density at radius 1 is 0.957 bits per heavy atom. The molecule has 2 atom stereocenters. The lowest BCUT2D eigenvalue weighted by molar-refractivity contribution is -0.119. The first-order chi connectivity index (χ1) is 11.1. The molecular weight excluding hydrogens is 288 g/mol. The zero-order valence-corrected chi connectivity index (χ0v) is 13.5. The third-order valence-electron chi connectivity index (χ3n) is 3.86. The fourth-order valence-electron chi connectivity index (χ4n) is 2.26. The fourth-order valence-corrected chi connectivity index (χ4v) is 2.26. The van der Waals surface area contributed by atoms with Crippen LogP contribution in [0.15, 0.2) is 60.7 Å². The van der Waals surface area contributed by atoms with E-state index in [9.17, 15) is 9.59 Å². The molecule has 2 N–H and O–H groups in total. The maximum Gasteiger partial charge on any atom is 0.251 e. The lowest BCUT2D eigenvalue weighted by atomic mass is 9.97. The van der Waals surface area contributed by atoms with E-state index in [0.717, 1.165) is 12.1 Å². The smallest absolute Gasteiger partial charge is 0.251 e. The van der Waals surface area contributed by atoms with E-state index in [0.29, 0.717) is 5.56 Å². The molecule has 0 aliphatic carbocycles. The first-order valence-corrected chi connectivity index (χ1v) is 7.83. The van der Waals surface area contributed by atoms with E-state index < -0.39 is 6.04 Å². The largest absolute Gasteiger partial charge is 0.340 e. The van der Waals surface area contributed by atoms with Crippen LogP contribution in [0.4, 0.5) is 5.69 Å². The van der Waals surface area contributed by atoms with Crippen LogP contribution < -0.4 is 10.6 Å². The highest BCUT2D eigenvalue weighted by atomic mass is 16.2. The van der Waals surface area contributed by atoms with E-state index in [1.54, 1.807) is 24.3 Å². The average molecular weight is 310 g/mol. The Morgan fingerprint density at radius 2 is 1.52 bits per heavy atom. The van der Waals surface area contributed by atoms with Crippen molar-refractivity contribution in [2.75, 3.05) is 5.32 Å². The number of anilines is 1. The molecule has 0 saturated carbocycles. The summed E-state index contributed by atoms with van der Waals surface area (Å²) in [6.45, 7) is 3.96. The number of carbonyl (C=O) groups excluding carboxylic acids is 2. The number of para-hydroxylation sites is 1. The van der Waals surface area contributed by atoms with E-state index in [1.807, 2.05) is 50.2 Å². The predicted octanol–water partition coefficient (Wildman–Crippen LogP) is 3.47. The molecule has 0 aliphatic heterocycles. The number of hydrogen-bond donors (Lipinski definition) is 2. The molecule has 0 radical (unpaired) electrons. The molecule has 2 aromatic rings. The van der Waals surface area contributed by atoms with Crippen LogP contribution in [0.5, 0.6) is 0 Å². The Morgan fingerprint density at radius 3 is 2.09 bits per heavy atom. The first kappa shape index (κ1) is 16.7. The summed E-state index contributed by atoms with van der Waals surface area (Å²) in [6, 6.07) is 17.6. The topological polar surface area (TPSA) is 58.2 Å². The van der Waals surface area contributed by atoms with Gasteiger partial charge in [0.05, 0.1) is 0 Å². The molecular formula is C19H22N2O2. The number of amides is 2. The van der Waals surface area contributed by atoms with Gasteiger partial charge >= 0.3 is 0 Å². The lowest BCUT2D eigenvalue weighted by Crippen LogP contribution is -2.47. The van der Waals surface area contributed by atoms with Crippen LogP contribution >= 0.6 is 0 Å². The van der Waals surface area contributed by atoms with Crippen molar-refractivity contribution < 1.29 is 9.59 Å². The van der Waals surface area contributed by atoms with E-state index in [4.69, 9.17) is 0 Å². The SMILES string of the molecule is CC[C@H](C)[C@H](NC(=O)c1ccccc1)C(=O)Nc1ccccc1. The number of rotatable bonds is 6. The molecule has 2 aromatic carbocycles. The number of carbonyl (C=O) groups is 2. The predicted molar refractivity (Wildman–Crippen MR) is 92.2 cm³/mol. The van der Waals surface area contributed by atoms with Gasteiger partial charge in [0, 0.05) is 11.3 Å². The van der Waals surface area contributed by atoms with Crippen molar-refractivity contribution in [3.05, 3.63) is 66.2 Å². The molecule has 4 nitrogen and oxygen atoms in total. The zero-order valence-electron chi connectivity index (χ0n) is 13.5. The van der Waals surface area contributed by atoms with Crippen LogP contribution in [-0.4, -0.2) is 17.9 Å². The normalized spacial score (nSPS) is 13.0. The first-order valence-electron chi connectivity index (χ1n) is 7.83. The second kappa shape index (κ2) is 8.13. The van der Waals surface area contributed by atoms with Gasteiger partial charge in [-0.15, -0.1) is 0 Å². The van der Waals surface area contributed by atoms with Crippen molar-refractivity contribution in [3.8, 4) is 0 Å². The van der Waals surface area contributed by atoms with Crippen molar-refractivity contribution in [1.29, 1.82) is 0 Å². The van der Waals surface area contributed by atoms with Crippen LogP contribution in [-0.2, 0) is 4.79 Å². The average Bonchev–Trinajstić information content (AvgIpc) is 2.60. The Hall–Kier alpha value is -2.62. The molecule has 2 amide bonds. The molecule has 0 unspecified atom stereocenters. The van der Waals surface area contributed by atoms with Crippen LogP contribution in [0.3, 0.4) is 0 Å². The van der Waals surface area contributed by atoms with Crippen LogP contribution in [0.25, 0.3) is 0 Å². The van der Waals surface area contributed by atoms with Crippen LogP contribution in [0, 0.1) is 5.92 Å². The van der Waals surface area contributed by atoms with Gasteiger partial charge in [-0.25, -0.2) is 0 Å². The molecule has 0 aromatic heterocycles. The zero-order chi connectivity index (χ0) is 16.7. The minimum atomic E-state index is -0.576. The Balaban J connectivity index is 2.10. The lowest BCUT2D eigenvalue weighted by Gasteiger charge is -2.23. The minimum absolute atomic E-state index is 0.0337. The van der Waals surface area contributed by atoms with Gasteiger partial charge in [0.1, 0.15) is 6.04 Å². The summed E-state index contributed by atoms with van der Waals surface area (Å²) in [5.41, 5.74) is 1.27. The molecule has 0 aliphatic rings. The summed E-state index contributed by atoms with van der Waals surface area (Å²) in [7, 11) is 0. The van der Waals surface area contributed by atoms with Gasteiger partial charge in [0.2, 0.25) is 5.91 Å². The van der Waals surface area contributed by atoms with E-state index in [-0.39, 0.29) is 17.7 Å². The van der Waals surface area contributed by atoms with Crippen LogP contribution in [0.2, 0.25) is 0 Å². The highest BCUT2D eigenvalue weighted by Gasteiger charge is 2.26. The standard InChI is InChI=1S/C19H22N2O2/c1-3-14(2)17(19(23)20-16-12-8-5-9-13-16)21-18(22)15-10-6-4-7-11-15/h4-14,17H,3H2,1-2H3,(H,20,23)(H,21,22)/t14-,17-/m0/s1. The Labute approximate surface area is 136 Å². The molecule has 2 rings (SSSR count). The van der Waals surface area contributed by atoms with Gasteiger partial charge < -0.3 is 10.6 Å². The Bertz CT molecular complexity index is 641. The number of benzene rings is 2. The van der Waals surface area contributed by atoms with E-state index in [2.05, 4.69) is 10.6 Å². The second-order valence-corrected chi connectivity index (χ2v) is 5.56. The summed E-state index contributed by atoms with van der Waals surface area (Å²) in [4.78, 5) is 24.9. The highest BCUT2D eigenvalue weighted by Crippen LogP contribution is 2.13. The van der Waals surface area contributed by atoms with Gasteiger partial charge in [0.15, 0.2) is 0 Å². The maximum atomic E-state index is 12.6. The summed E-state index contributed by atoms with van der Waals surface area (Å²) in [5.74, 6) is -0.402. The van der Waals surface area contributed by atoms with Crippen molar-refractivity contribution >= 4 is 17.5 Å². The molecule has 4 heteroatoms. The molecule has 120 valence electrons. The summed E-state index contributed by atoms with van der Waals surface area (Å²) in [6.07, 6.45) is 0.794. The van der Waals surface area contributed by atoms with Gasteiger partial charge in [-0.05, 0) is 30.2 Å². The summed E-state index contributed by atoms with van der Waals surface area (Å²) in [5, 5.41) is 5.71. The molecule has 0 spiro atoms. The Kier molecular flexibility index (Phi) is 5.92. The van der Waals surface area contributed by atoms with E-state index >= 15 is 0 Å². The molecule has 0 heterocycles. The van der Waals surface area contributed by atoms with Crippen molar-refractivity contribution in [3.63, 3.8) is 0 Å².